The van der Waals surface area contributed by atoms with E-state index in [9.17, 15) is 9.59 Å². The summed E-state index contributed by atoms with van der Waals surface area (Å²) in [5, 5.41) is 2.98. The number of rotatable bonds is 8. The van der Waals surface area contributed by atoms with E-state index in [1.165, 1.54) is 10.5 Å². The van der Waals surface area contributed by atoms with E-state index in [-0.39, 0.29) is 12.6 Å². The highest BCUT2D eigenvalue weighted by Crippen LogP contribution is 2.37. The van der Waals surface area contributed by atoms with E-state index in [2.05, 4.69) is 29.6 Å². The van der Waals surface area contributed by atoms with Gasteiger partial charge in [-0.3, -0.25) is 9.69 Å². The van der Waals surface area contributed by atoms with Crippen LogP contribution in [-0.4, -0.2) is 49.7 Å². The van der Waals surface area contributed by atoms with Gasteiger partial charge in [0.15, 0.2) is 5.54 Å². The van der Waals surface area contributed by atoms with Crippen LogP contribution in [0.5, 0.6) is 11.5 Å². The molecule has 7 heteroatoms. The molecule has 0 atom stereocenters. The molecule has 3 amide bonds. The predicted octanol–water partition coefficient (Wildman–Crippen LogP) is 3.90. The third-order valence-corrected chi connectivity index (χ3v) is 6.11. The van der Waals surface area contributed by atoms with Gasteiger partial charge in [0.2, 0.25) is 0 Å². The molecule has 0 aliphatic carbocycles. The topological polar surface area (TPSA) is 71.1 Å². The molecule has 0 bridgehead atoms. The molecule has 3 aromatic carbocycles. The molecular formula is C27H29N3O4. The van der Waals surface area contributed by atoms with Crippen molar-refractivity contribution < 1.29 is 19.1 Å². The molecule has 7 nitrogen and oxygen atoms in total. The van der Waals surface area contributed by atoms with Gasteiger partial charge in [-0.25, -0.2) is 9.69 Å². The Kier molecular flexibility index (Phi) is 6.56. The number of amides is 3. The second kappa shape index (κ2) is 9.57. The summed E-state index contributed by atoms with van der Waals surface area (Å²) in [6.45, 7) is 2.81. The molecule has 1 aliphatic heterocycles. The Morgan fingerprint density at radius 1 is 0.824 bits per heavy atom. The van der Waals surface area contributed by atoms with Gasteiger partial charge in [0.25, 0.3) is 5.91 Å². The first-order chi connectivity index (χ1) is 16.4. The first-order valence-corrected chi connectivity index (χ1v) is 11.0. The van der Waals surface area contributed by atoms with Crippen molar-refractivity contribution in [1.29, 1.82) is 0 Å². The van der Waals surface area contributed by atoms with Crippen LogP contribution in [0.4, 0.5) is 4.79 Å². The summed E-state index contributed by atoms with van der Waals surface area (Å²) in [6, 6.07) is 22.1. The van der Waals surface area contributed by atoms with Gasteiger partial charge in [-0.1, -0.05) is 54.1 Å². The fraction of sp³-hybridized carbons (Fsp3) is 0.259. The SMILES string of the molecule is COc1ccc(C2(c3ccc(OC)cc3)NC(=O)N(CN(C)Cc3ccc(C)cc3)C2=O)cc1. The number of hydrogen-bond donors (Lipinski definition) is 1. The van der Waals surface area contributed by atoms with Crippen LogP contribution in [0, 0.1) is 6.92 Å². The van der Waals surface area contributed by atoms with E-state index in [4.69, 9.17) is 9.47 Å². The number of nitrogens with zero attached hydrogens (tertiary/aromatic N) is 2. The Hall–Kier alpha value is -3.84. The Labute approximate surface area is 199 Å². The van der Waals surface area contributed by atoms with Crippen LogP contribution in [0.25, 0.3) is 0 Å². The highest BCUT2D eigenvalue weighted by atomic mass is 16.5. The van der Waals surface area contributed by atoms with Crippen molar-refractivity contribution in [2.24, 2.45) is 0 Å². The summed E-state index contributed by atoms with van der Waals surface area (Å²) in [6.07, 6.45) is 0. The van der Waals surface area contributed by atoms with Crippen LogP contribution in [-0.2, 0) is 16.9 Å². The fourth-order valence-electron chi connectivity index (χ4n) is 4.24. The lowest BCUT2D eigenvalue weighted by Gasteiger charge is -2.29. The van der Waals surface area contributed by atoms with Gasteiger partial charge >= 0.3 is 6.03 Å². The number of carbonyl (C=O) groups is 2. The van der Waals surface area contributed by atoms with E-state index in [1.54, 1.807) is 62.8 Å². The highest BCUT2D eigenvalue weighted by Gasteiger charge is 2.53. The molecule has 0 unspecified atom stereocenters. The van der Waals surface area contributed by atoms with Crippen LogP contribution < -0.4 is 14.8 Å². The largest absolute Gasteiger partial charge is 0.497 e. The van der Waals surface area contributed by atoms with Crippen molar-refractivity contribution in [2.45, 2.75) is 19.0 Å². The summed E-state index contributed by atoms with van der Waals surface area (Å²) < 4.78 is 10.6. The van der Waals surface area contributed by atoms with Gasteiger partial charge in [-0.15, -0.1) is 0 Å². The molecule has 1 aliphatic rings. The number of methoxy groups -OCH3 is 2. The van der Waals surface area contributed by atoms with Crippen LogP contribution >= 0.6 is 0 Å². The maximum absolute atomic E-state index is 13.9. The number of imide groups is 1. The van der Waals surface area contributed by atoms with Gasteiger partial charge in [-0.2, -0.15) is 0 Å². The van der Waals surface area contributed by atoms with Crippen molar-refractivity contribution in [1.82, 2.24) is 15.1 Å². The summed E-state index contributed by atoms with van der Waals surface area (Å²) in [7, 11) is 5.06. The third-order valence-electron chi connectivity index (χ3n) is 6.11. The summed E-state index contributed by atoms with van der Waals surface area (Å²) in [4.78, 5) is 30.3. The number of benzene rings is 3. The average molecular weight is 460 g/mol. The summed E-state index contributed by atoms with van der Waals surface area (Å²) in [5.74, 6) is 1.00. The standard InChI is InChI=1S/C27H29N3O4/c1-19-5-7-20(8-6-19)17-29(2)18-30-25(31)27(28-26(30)32,21-9-13-23(33-3)14-10-21)22-11-15-24(34-4)16-12-22/h5-16H,17-18H2,1-4H3,(H,28,32). The first-order valence-electron chi connectivity index (χ1n) is 11.0. The van der Waals surface area contributed by atoms with Crippen molar-refractivity contribution in [2.75, 3.05) is 27.9 Å². The number of carbonyl (C=O) groups excluding carboxylic acids is 2. The lowest BCUT2D eigenvalue weighted by atomic mass is 9.82. The zero-order valence-corrected chi connectivity index (χ0v) is 19.9. The van der Waals surface area contributed by atoms with E-state index >= 15 is 0 Å². The average Bonchev–Trinajstić information content (AvgIpc) is 3.11. The monoisotopic (exact) mass is 459 g/mol. The number of urea groups is 1. The summed E-state index contributed by atoms with van der Waals surface area (Å²) >= 11 is 0. The molecule has 1 heterocycles. The lowest BCUT2D eigenvalue weighted by molar-refractivity contribution is -0.131. The molecule has 4 rings (SSSR count). The molecule has 0 aromatic heterocycles. The maximum atomic E-state index is 13.9. The molecule has 34 heavy (non-hydrogen) atoms. The van der Waals surface area contributed by atoms with Crippen molar-refractivity contribution >= 4 is 11.9 Å². The molecule has 0 spiro atoms. The minimum atomic E-state index is -1.35. The van der Waals surface area contributed by atoms with Gasteiger partial charge in [-0.05, 0) is 54.9 Å². The van der Waals surface area contributed by atoms with Crippen molar-refractivity contribution in [3.8, 4) is 11.5 Å². The molecule has 1 N–H and O–H groups in total. The molecule has 176 valence electrons. The Morgan fingerprint density at radius 2 is 1.32 bits per heavy atom. The third kappa shape index (κ3) is 4.34. The normalized spacial score (nSPS) is 14.9. The molecular weight excluding hydrogens is 430 g/mol. The van der Waals surface area contributed by atoms with Gasteiger partial charge < -0.3 is 14.8 Å². The van der Waals surface area contributed by atoms with Crippen LogP contribution in [0.3, 0.4) is 0 Å². The van der Waals surface area contributed by atoms with Gasteiger partial charge in [0.05, 0.1) is 20.9 Å². The van der Waals surface area contributed by atoms with E-state index < -0.39 is 11.6 Å². The number of hydrogen-bond acceptors (Lipinski definition) is 5. The van der Waals surface area contributed by atoms with Gasteiger partial charge in [0.1, 0.15) is 11.5 Å². The smallest absolute Gasteiger partial charge is 0.326 e. The summed E-state index contributed by atoms with van der Waals surface area (Å²) in [5.41, 5.74) is 2.25. The van der Waals surface area contributed by atoms with Crippen LogP contribution in [0.15, 0.2) is 72.8 Å². The second-order valence-electron chi connectivity index (χ2n) is 8.51. The molecule has 3 aromatic rings. The quantitative estimate of drug-likeness (QED) is 0.518. The Morgan fingerprint density at radius 3 is 1.79 bits per heavy atom. The second-order valence-corrected chi connectivity index (χ2v) is 8.51. The minimum Gasteiger partial charge on any atom is -0.497 e. The van der Waals surface area contributed by atoms with Crippen LogP contribution in [0.2, 0.25) is 0 Å². The zero-order chi connectivity index (χ0) is 24.3. The first kappa shape index (κ1) is 23.3. The van der Waals surface area contributed by atoms with Crippen LogP contribution in [0.1, 0.15) is 22.3 Å². The maximum Gasteiger partial charge on any atom is 0.326 e. The van der Waals surface area contributed by atoms with Crippen molar-refractivity contribution in [3.05, 3.63) is 95.1 Å². The number of ether oxygens (including phenoxy) is 2. The van der Waals surface area contributed by atoms with Crippen molar-refractivity contribution in [3.63, 3.8) is 0 Å². The number of aryl methyl sites for hydroxylation is 1. The molecule has 1 fully saturated rings. The van der Waals surface area contributed by atoms with E-state index in [0.29, 0.717) is 29.2 Å². The zero-order valence-electron chi connectivity index (χ0n) is 19.9. The molecule has 0 radical (unpaired) electrons. The minimum absolute atomic E-state index is 0.159. The molecule has 0 saturated carbocycles. The van der Waals surface area contributed by atoms with E-state index in [1.807, 2.05) is 18.9 Å². The molecule has 1 saturated heterocycles. The Bertz CT molecular complexity index is 1110. The van der Waals surface area contributed by atoms with Gasteiger partial charge in [0, 0.05) is 6.54 Å². The lowest BCUT2D eigenvalue weighted by Crippen LogP contribution is -2.46. The number of nitrogens with one attached hydrogen (secondary N) is 1. The predicted molar refractivity (Wildman–Crippen MR) is 130 cm³/mol. The fourth-order valence-corrected chi connectivity index (χ4v) is 4.24. The Balaban J connectivity index is 1.66. The van der Waals surface area contributed by atoms with E-state index in [0.717, 1.165) is 5.56 Å². The highest BCUT2D eigenvalue weighted by molar-refractivity contribution is 6.09.